The van der Waals surface area contributed by atoms with Gasteiger partial charge in [-0.05, 0) is 75.1 Å². The van der Waals surface area contributed by atoms with Gasteiger partial charge in [-0.2, -0.15) is 0 Å². The van der Waals surface area contributed by atoms with E-state index in [2.05, 4.69) is 50.4 Å². The summed E-state index contributed by atoms with van der Waals surface area (Å²) in [5.41, 5.74) is 1.41. The third-order valence-corrected chi connectivity index (χ3v) is 5.23. The number of fused-ring (bicyclic) bond motifs is 2. The van der Waals surface area contributed by atoms with Crippen LogP contribution in [0.1, 0.15) is 58.1 Å². The van der Waals surface area contributed by atoms with Crippen LogP contribution in [0.25, 0.3) is 0 Å². The Morgan fingerprint density at radius 1 is 1.24 bits per heavy atom. The van der Waals surface area contributed by atoms with E-state index < -0.39 is 0 Å². The summed E-state index contributed by atoms with van der Waals surface area (Å²) < 4.78 is 5.88. The van der Waals surface area contributed by atoms with Crippen molar-refractivity contribution in [1.82, 2.24) is 5.32 Å². The van der Waals surface area contributed by atoms with Gasteiger partial charge in [0.25, 0.3) is 0 Å². The Bertz CT molecular complexity index is 470. The van der Waals surface area contributed by atoms with E-state index in [9.17, 15) is 0 Å². The zero-order chi connectivity index (χ0) is 14.8. The summed E-state index contributed by atoms with van der Waals surface area (Å²) in [5.74, 6) is 3.76. The minimum Gasteiger partial charge on any atom is -0.491 e. The van der Waals surface area contributed by atoms with E-state index in [4.69, 9.17) is 4.74 Å². The SMILES string of the molecule is CCNC(c1cccc(OC(C)C)c1)C1CC2CCC1C2. The predicted octanol–water partition coefficient (Wildman–Crippen LogP) is 4.56. The second kappa shape index (κ2) is 6.39. The van der Waals surface area contributed by atoms with Gasteiger partial charge in [0, 0.05) is 6.04 Å². The maximum absolute atomic E-state index is 5.88. The molecular formula is C19H29NO. The minimum atomic E-state index is 0.236. The topological polar surface area (TPSA) is 21.3 Å². The molecule has 21 heavy (non-hydrogen) atoms. The van der Waals surface area contributed by atoms with Crippen LogP contribution in [0.5, 0.6) is 5.75 Å². The molecule has 2 heteroatoms. The minimum absolute atomic E-state index is 0.236. The normalized spacial score (nSPS) is 29.0. The summed E-state index contributed by atoms with van der Waals surface area (Å²) >= 11 is 0. The van der Waals surface area contributed by atoms with Gasteiger partial charge in [-0.1, -0.05) is 25.5 Å². The maximum atomic E-state index is 5.88. The van der Waals surface area contributed by atoms with Crippen molar-refractivity contribution in [3.8, 4) is 5.75 Å². The van der Waals surface area contributed by atoms with Crippen LogP contribution in [0, 0.1) is 17.8 Å². The fourth-order valence-electron chi connectivity index (χ4n) is 4.49. The smallest absolute Gasteiger partial charge is 0.120 e. The molecule has 1 aromatic carbocycles. The highest BCUT2D eigenvalue weighted by molar-refractivity contribution is 5.31. The molecule has 3 rings (SSSR count). The molecule has 0 aliphatic heterocycles. The van der Waals surface area contributed by atoms with Crippen LogP contribution in [-0.4, -0.2) is 12.6 Å². The molecule has 2 nitrogen and oxygen atoms in total. The molecule has 2 bridgehead atoms. The molecular weight excluding hydrogens is 258 g/mol. The first kappa shape index (κ1) is 14.9. The van der Waals surface area contributed by atoms with Crippen LogP contribution in [0.3, 0.4) is 0 Å². The van der Waals surface area contributed by atoms with Crippen LogP contribution < -0.4 is 10.1 Å². The van der Waals surface area contributed by atoms with E-state index in [0.717, 1.165) is 30.0 Å². The van der Waals surface area contributed by atoms with E-state index in [0.29, 0.717) is 6.04 Å². The highest BCUT2D eigenvalue weighted by Crippen LogP contribution is 2.52. The van der Waals surface area contributed by atoms with Crippen molar-refractivity contribution in [3.63, 3.8) is 0 Å². The number of hydrogen-bond donors (Lipinski definition) is 1. The first-order valence-corrected chi connectivity index (χ1v) is 8.67. The summed E-state index contributed by atoms with van der Waals surface area (Å²) in [6.45, 7) is 7.43. The molecule has 4 unspecified atom stereocenters. The first-order valence-electron chi connectivity index (χ1n) is 8.67. The maximum Gasteiger partial charge on any atom is 0.120 e. The van der Waals surface area contributed by atoms with Gasteiger partial charge in [-0.25, -0.2) is 0 Å². The summed E-state index contributed by atoms with van der Waals surface area (Å²) in [5, 5.41) is 3.75. The molecule has 0 aromatic heterocycles. The Labute approximate surface area is 129 Å². The first-order chi connectivity index (χ1) is 10.2. The lowest BCUT2D eigenvalue weighted by Crippen LogP contribution is -2.31. The Morgan fingerprint density at radius 2 is 2.10 bits per heavy atom. The van der Waals surface area contributed by atoms with Crippen molar-refractivity contribution in [1.29, 1.82) is 0 Å². The van der Waals surface area contributed by atoms with Crippen molar-refractivity contribution in [2.24, 2.45) is 17.8 Å². The van der Waals surface area contributed by atoms with Crippen LogP contribution in [0.4, 0.5) is 0 Å². The molecule has 116 valence electrons. The molecule has 0 heterocycles. The van der Waals surface area contributed by atoms with Gasteiger partial charge in [0.1, 0.15) is 5.75 Å². The number of hydrogen-bond acceptors (Lipinski definition) is 2. The molecule has 0 saturated heterocycles. The Balaban J connectivity index is 1.80. The average molecular weight is 287 g/mol. The van der Waals surface area contributed by atoms with E-state index in [1.807, 2.05) is 0 Å². The molecule has 2 aliphatic rings. The lowest BCUT2D eigenvalue weighted by Gasteiger charge is -2.31. The van der Waals surface area contributed by atoms with Gasteiger partial charge in [-0.15, -0.1) is 0 Å². The summed E-state index contributed by atoms with van der Waals surface area (Å²) in [6, 6.07) is 9.24. The molecule has 2 fully saturated rings. The van der Waals surface area contributed by atoms with Crippen LogP contribution >= 0.6 is 0 Å². The van der Waals surface area contributed by atoms with Crippen LogP contribution in [0.15, 0.2) is 24.3 Å². The lowest BCUT2D eigenvalue weighted by molar-refractivity contribution is 0.238. The predicted molar refractivity (Wildman–Crippen MR) is 87.6 cm³/mol. The van der Waals surface area contributed by atoms with Crippen molar-refractivity contribution in [2.75, 3.05) is 6.54 Å². The third kappa shape index (κ3) is 3.26. The van der Waals surface area contributed by atoms with Crippen molar-refractivity contribution >= 4 is 0 Å². The van der Waals surface area contributed by atoms with Crippen molar-refractivity contribution in [2.45, 2.75) is 58.6 Å². The van der Waals surface area contributed by atoms with E-state index in [-0.39, 0.29) is 6.10 Å². The fourth-order valence-corrected chi connectivity index (χ4v) is 4.49. The largest absolute Gasteiger partial charge is 0.491 e. The Kier molecular flexibility index (Phi) is 4.54. The Hall–Kier alpha value is -1.02. The van der Waals surface area contributed by atoms with E-state index in [1.165, 1.54) is 31.2 Å². The summed E-state index contributed by atoms with van der Waals surface area (Å²) in [4.78, 5) is 0. The molecule has 4 atom stereocenters. The molecule has 0 amide bonds. The molecule has 1 N–H and O–H groups in total. The zero-order valence-electron chi connectivity index (χ0n) is 13.6. The summed E-state index contributed by atoms with van der Waals surface area (Å²) in [6.07, 6.45) is 6.03. The molecule has 1 aromatic rings. The molecule has 0 spiro atoms. The molecule has 2 saturated carbocycles. The van der Waals surface area contributed by atoms with Gasteiger partial charge in [0.15, 0.2) is 0 Å². The van der Waals surface area contributed by atoms with Crippen molar-refractivity contribution < 1.29 is 4.74 Å². The average Bonchev–Trinajstić information content (AvgIpc) is 3.07. The van der Waals surface area contributed by atoms with Gasteiger partial charge < -0.3 is 10.1 Å². The third-order valence-electron chi connectivity index (χ3n) is 5.23. The highest BCUT2D eigenvalue weighted by atomic mass is 16.5. The quantitative estimate of drug-likeness (QED) is 0.828. The zero-order valence-corrected chi connectivity index (χ0v) is 13.6. The van der Waals surface area contributed by atoms with Gasteiger partial charge >= 0.3 is 0 Å². The van der Waals surface area contributed by atoms with E-state index in [1.54, 1.807) is 0 Å². The van der Waals surface area contributed by atoms with Crippen LogP contribution in [0.2, 0.25) is 0 Å². The number of benzene rings is 1. The fraction of sp³-hybridized carbons (Fsp3) is 0.684. The molecule has 2 aliphatic carbocycles. The second-order valence-corrected chi connectivity index (χ2v) is 7.11. The standard InChI is InChI=1S/C19H29NO/c1-4-20-19(18-11-14-8-9-15(18)10-14)16-6-5-7-17(12-16)21-13(2)3/h5-7,12-15,18-20H,4,8-11H2,1-3H3. The monoisotopic (exact) mass is 287 g/mol. The van der Waals surface area contributed by atoms with Gasteiger partial charge in [0.2, 0.25) is 0 Å². The second-order valence-electron chi connectivity index (χ2n) is 7.11. The summed E-state index contributed by atoms with van der Waals surface area (Å²) in [7, 11) is 0. The van der Waals surface area contributed by atoms with E-state index >= 15 is 0 Å². The number of rotatable bonds is 6. The number of ether oxygens (including phenoxy) is 1. The van der Waals surface area contributed by atoms with Crippen molar-refractivity contribution in [3.05, 3.63) is 29.8 Å². The van der Waals surface area contributed by atoms with Gasteiger partial charge in [0.05, 0.1) is 6.10 Å². The van der Waals surface area contributed by atoms with Gasteiger partial charge in [-0.3, -0.25) is 0 Å². The Morgan fingerprint density at radius 3 is 2.71 bits per heavy atom. The highest BCUT2D eigenvalue weighted by Gasteiger charge is 2.43. The van der Waals surface area contributed by atoms with Crippen LogP contribution in [-0.2, 0) is 0 Å². The lowest BCUT2D eigenvalue weighted by atomic mass is 9.80. The molecule has 0 radical (unpaired) electrons. The number of nitrogens with one attached hydrogen (secondary N) is 1.